The van der Waals surface area contributed by atoms with Crippen molar-refractivity contribution in [2.45, 2.75) is 13.0 Å². The van der Waals surface area contributed by atoms with Gasteiger partial charge in [0, 0.05) is 26.7 Å². The first-order chi connectivity index (χ1) is 11.0. The van der Waals surface area contributed by atoms with Gasteiger partial charge in [-0.15, -0.1) is 0 Å². The Morgan fingerprint density at radius 1 is 1.26 bits per heavy atom. The zero-order valence-electron chi connectivity index (χ0n) is 13.5. The number of esters is 1. The average molecular weight is 333 g/mol. The number of aryl methyl sites for hydroxylation is 1. The minimum Gasteiger partial charge on any atom is -0.444 e. The standard InChI is InChI=1S/C16H19N3O3S/c1-10-12(14(17-2)23-18-10)16(21)22-13(15(20)19(3)4)11-8-6-5-7-9-11/h5-9,13,17H,1-4H3. The topological polar surface area (TPSA) is 71.5 Å². The number of hydrogen-bond acceptors (Lipinski definition) is 6. The summed E-state index contributed by atoms with van der Waals surface area (Å²) >= 11 is 1.18. The second-order valence-electron chi connectivity index (χ2n) is 5.15. The number of ether oxygens (including phenoxy) is 1. The van der Waals surface area contributed by atoms with Gasteiger partial charge in [-0.2, -0.15) is 4.37 Å². The van der Waals surface area contributed by atoms with Crippen molar-refractivity contribution in [1.29, 1.82) is 0 Å². The Bertz CT molecular complexity index is 698. The van der Waals surface area contributed by atoms with Crippen LogP contribution in [0.2, 0.25) is 0 Å². The third-order valence-electron chi connectivity index (χ3n) is 3.29. The largest absolute Gasteiger partial charge is 0.444 e. The number of likely N-dealkylation sites (N-methyl/N-ethyl adjacent to an activating group) is 1. The molecule has 1 aromatic heterocycles. The molecule has 0 aliphatic heterocycles. The van der Waals surface area contributed by atoms with Gasteiger partial charge in [0.15, 0.2) is 0 Å². The molecule has 2 aromatic rings. The molecule has 1 N–H and O–H groups in total. The fourth-order valence-corrected chi connectivity index (χ4v) is 2.80. The molecule has 1 heterocycles. The van der Waals surface area contributed by atoms with Crippen molar-refractivity contribution in [2.75, 3.05) is 26.5 Å². The summed E-state index contributed by atoms with van der Waals surface area (Å²) in [5.41, 5.74) is 1.57. The zero-order valence-corrected chi connectivity index (χ0v) is 14.3. The fourth-order valence-electron chi connectivity index (χ4n) is 2.07. The molecule has 2 rings (SSSR count). The Labute approximate surface area is 139 Å². The lowest BCUT2D eigenvalue weighted by molar-refractivity contribution is -0.138. The molecule has 0 fully saturated rings. The lowest BCUT2D eigenvalue weighted by atomic mass is 10.1. The summed E-state index contributed by atoms with van der Waals surface area (Å²) in [6.07, 6.45) is -0.984. The number of nitrogens with one attached hydrogen (secondary N) is 1. The van der Waals surface area contributed by atoms with E-state index in [1.807, 2.05) is 6.07 Å². The third kappa shape index (κ3) is 3.68. The van der Waals surface area contributed by atoms with Gasteiger partial charge in [-0.05, 0) is 18.5 Å². The third-order valence-corrected chi connectivity index (χ3v) is 4.24. The number of nitrogens with zero attached hydrogens (tertiary/aromatic N) is 2. The molecule has 1 atom stereocenters. The summed E-state index contributed by atoms with van der Waals surface area (Å²) in [4.78, 5) is 26.4. The molecule has 0 bridgehead atoms. The van der Waals surface area contributed by atoms with E-state index < -0.39 is 12.1 Å². The van der Waals surface area contributed by atoms with Crippen LogP contribution >= 0.6 is 11.5 Å². The van der Waals surface area contributed by atoms with E-state index in [2.05, 4.69) is 9.69 Å². The van der Waals surface area contributed by atoms with Gasteiger partial charge in [0.05, 0.1) is 5.69 Å². The first kappa shape index (κ1) is 17.0. The molecule has 6 nitrogen and oxygen atoms in total. The number of rotatable bonds is 5. The molecular formula is C16H19N3O3S. The second kappa shape index (κ2) is 7.23. The van der Waals surface area contributed by atoms with Gasteiger partial charge in [0.1, 0.15) is 10.6 Å². The molecule has 122 valence electrons. The van der Waals surface area contributed by atoms with Crippen molar-refractivity contribution in [3.8, 4) is 0 Å². The van der Waals surface area contributed by atoms with E-state index in [4.69, 9.17) is 4.74 Å². The van der Waals surface area contributed by atoms with Crippen LogP contribution in [0.4, 0.5) is 5.00 Å². The van der Waals surface area contributed by atoms with Crippen molar-refractivity contribution in [3.05, 3.63) is 47.2 Å². The normalized spacial score (nSPS) is 11.7. The van der Waals surface area contributed by atoms with Crippen LogP contribution in [0, 0.1) is 6.92 Å². The van der Waals surface area contributed by atoms with E-state index in [0.29, 0.717) is 21.8 Å². The van der Waals surface area contributed by atoms with Gasteiger partial charge in [-0.3, -0.25) is 4.79 Å². The SMILES string of the molecule is CNc1snc(C)c1C(=O)OC(C(=O)N(C)C)c1ccccc1. The molecule has 0 saturated carbocycles. The van der Waals surface area contributed by atoms with Crippen molar-refractivity contribution >= 4 is 28.4 Å². The average Bonchev–Trinajstić information content (AvgIpc) is 2.93. The van der Waals surface area contributed by atoms with E-state index in [1.54, 1.807) is 52.3 Å². The van der Waals surface area contributed by atoms with Crippen LogP contribution in [0.3, 0.4) is 0 Å². The molecule has 1 amide bonds. The first-order valence-corrected chi connectivity index (χ1v) is 7.84. The molecule has 0 radical (unpaired) electrons. The van der Waals surface area contributed by atoms with E-state index >= 15 is 0 Å². The monoisotopic (exact) mass is 333 g/mol. The van der Waals surface area contributed by atoms with Crippen molar-refractivity contribution < 1.29 is 14.3 Å². The molecule has 7 heteroatoms. The Hall–Kier alpha value is -2.41. The summed E-state index contributed by atoms with van der Waals surface area (Å²) < 4.78 is 9.68. The van der Waals surface area contributed by atoms with Crippen molar-refractivity contribution in [1.82, 2.24) is 9.27 Å². The molecule has 23 heavy (non-hydrogen) atoms. The van der Waals surface area contributed by atoms with Gasteiger partial charge in [0.25, 0.3) is 5.91 Å². The van der Waals surface area contributed by atoms with Gasteiger partial charge >= 0.3 is 5.97 Å². The number of carbonyl (C=O) groups is 2. The predicted molar refractivity (Wildman–Crippen MR) is 89.7 cm³/mol. The van der Waals surface area contributed by atoms with Crippen molar-refractivity contribution in [2.24, 2.45) is 0 Å². The molecule has 1 aromatic carbocycles. The second-order valence-corrected chi connectivity index (χ2v) is 5.92. The summed E-state index contributed by atoms with van der Waals surface area (Å²) in [7, 11) is 4.97. The van der Waals surface area contributed by atoms with E-state index in [-0.39, 0.29) is 5.91 Å². The van der Waals surface area contributed by atoms with Crippen molar-refractivity contribution in [3.63, 3.8) is 0 Å². The van der Waals surface area contributed by atoms with Gasteiger partial charge in [0.2, 0.25) is 6.10 Å². The zero-order chi connectivity index (χ0) is 17.0. The van der Waals surface area contributed by atoms with E-state index in [0.717, 1.165) is 0 Å². The highest BCUT2D eigenvalue weighted by Gasteiger charge is 2.29. The lowest BCUT2D eigenvalue weighted by Crippen LogP contribution is -2.31. The number of hydrogen-bond donors (Lipinski definition) is 1. The van der Waals surface area contributed by atoms with Crippen LogP contribution in [-0.2, 0) is 9.53 Å². The number of benzene rings is 1. The Kier molecular flexibility index (Phi) is 5.33. The van der Waals surface area contributed by atoms with Crippen LogP contribution in [0.1, 0.15) is 27.7 Å². The smallest absolute Gasteiger partial charge is 0.344 e. The highest BCUT2D eigenvalue weighted by Crippen LogP contribution is 2.28. The molecular weight excluding hydrogens is 314 g/mol. The Morgan fingerprint density at radius 2 is 1.91 bits per heavy atom. The summed E-state index contributed by atoms with van der Waals surface area (Å²) in [5.74, 6) is -0.860. The van der Waals surface area contributed by atoms with Crippen LogP contribution in [-0.4, -0.2) is 42.3 Å². The van der Waals surface area contributed by atoms with Crippen LogP contribution in [0.25, 0.3) is 0 Å². The maximum Gasteiger partial charge on any atom is 0.344 e. The highest BCUT2D eigenvalue weighted by atomic mass is 32.1. The highest BCUT2D eigenvalue weighted by molar-refractivity contribution is 7.10. The quantitative estimate of drug-likeness (QED) is 0.851. The number of carbonyl (C=O) groups excluding carboxylic acids is 2. The number of anilines is 1. The van der Waals surface area contributed by atoms with E-state index in [9.17, 15) is 9.59 Å². The fraction of sp³-hybridized carbons (Fsp3) is 0.312. The minimum atomic E-state index is -0.984. The van der Waals surface area contributed by atoms with Crippen LogP contribution < -0.4 is 5.32 Å². The van der Waals surface area contributed by atoms with Crippen LogP contribution in [0.15, 0.2) is 30.3 Å². The Balaban J connectivity index is 2.33. The maximum atomic E-state index is 12.6. The number of amides is 1. The van der Waals surface area contributed by atoms with Crippen LogP contribution in [0.5, 0.6) is 0 Å². The van der Waals surface area contributed by atoms with Gasteiger partial charge in [-0.25, -0.2) is 4.79 Å². The van der Waals surface area contributed by atoms with E-state index in [1.165, 1.54) is 16.4 Å². The summed E-state index contributed by atoms with van der Waals surface area (Å²) in [6, 6.07) is 8.97. The molecule has 0 aliphatic rings. The number of aromatic nitrogens is 1. The summed E-state index contributed by atoms with van der Waals surface area (Å²) in [5, 5.41) is 3.54. The maximum absolute atomic E-state index is 12.6. The molecule has 0 saturated heterocycles. The predicted octanol–water partition coefficient (Wildman–Crippen LogP) is 2.48. The summed E-state index contributed by atoms with van der Waals surface area (Å²) in [6.45, 7) is 1.74. The molecule has 1 unspecified atom stereocenters. The van der Waals surface area contributed by atoms with Gasteiger partial charge in [-0.1, -0.05) is 30.3 Å². The van der Waals surface area contributed by atoms with Gasteiger partial charge < -0.3 is 15.0 Å². The molecule has 0 spiro atoms. The lowest BCUT2D eigenvalue weighted by Gasteiger charge is -2.21. The minimum absolute atomic E-state index is 0.295. The Morgan fingerprint density at radius 3 is 2.48 bits per heavy atom. The first-order valence-electron chi connectivity index (χ1n) is 7.06. The molecule has 0 aliphatic carbocycles.